The molecule has 0 radical (unpaired) electrons. The average molecular weight is 261 g/mol. The van der Waals surface area contributed by atoms with Gasteiger partial charge in [-0.05, 0) is 18.2 Å². The first-order valence-corrected chi connectivity index (χ1v) is 5.68. The SMILES string of the molecule is COc1ccc(=O)n(Cc2cc(N)ccc2OC)n1. The molecule has 0 aliphatic rings. The fourth-order valence-electron chi connectivity index (χ4n) is 1.74. The number of rotatable bonds is 4. The second-order valence-electron chi connectivity index (χ2n) is 3.94. The highest BCUT2D eigenvalue weighted by Gasteiger charge is 2.07. The lowest BCUT2D eigenvalue weighted by Crippen LogP contribution is -2.23. The molecule has 1 aromatic heterocycles. The van der Waals surface area contributed by atoms with E-state index in [-0.39, 0.29) is 12.1 Å². The maximum atomic E-state index is 11.7. The van der Waals surface area contributed by atoms with E-state index in [1.807, 2.05) is 0 Å². The molecule has 1 heterocycles. The van der Waals surface area contributed by atoms with Gasteiger partial charge in [-0.2, -0.15) is 0 Å². The molecule has 2 aromatic rings. The summed E-state index contributed by atoms with van der Waals surface area (Å²) in [5.74, 6) is 1.04. The molecule has 0 saturated carbocycles. The number of benzene rings is 1. The van der Waals surface area contributed by atoms with Crippen LogP contribution in [0.4, 0.5) is 5.69 Å². The Morgan fingerprint density at radius 3 is 2.68 bits per heavy atom. The van der Waals surface area contributed by atoms with Gasteiger partial charge in [-0.15, -0.1) is 5.10 Å². The topological polar surface area (TPSA) is 79.4 Å². The zero-order valence-corrected chi connectivity index (χ0v) is 10.8. The largest absolute Gasteiger partial charge is 0.496 e. The zero-order valence-electron chi connectivity index (χ0n) is 10.8. The summed E-state index contributed by atoms with van der Waals surface area (Å²) in [7, 11) is 3.06. The van der Waals surface area contributed by atoms with Crippen molar-refractivity contribution in [3.63, 3.8) is 0 Å². The van der Waals surface area contributed by atoms with Gasteiger partial charge in [0.1, 0.15) is 5.75 Å². The molecule has 0 atom stereocenters. The number of anilines is 1. The molecule has 2 N–H and O–H groups in total. The quantitative estimate of drug-likeness (QED) is 0.827. The van der Waals surface area contributed by atoms with E-state index in [2.05, 4.69) is 5.10 Å². The number of methoxy groups -OCH3 is 2. The Morgan fingerprint density at radius 2 is 2.00 bits per heavy atom. The maximum absolute atomic E-state index is 11.7. The number of nitrogens with zero attached hydrogens (tertiary/aromatic N) is 2. The molecular weight excluding hydrogens is 246 g/mol. The second-order valence-corrected chi connectivity index (χ2v) is 3.94. The Morgan fingerprint density at radius 1 is 1.21 bits per heavy atom. The highest BCUT2D eigenvalue weighted by atomic mass is 16.5. The fourth-order valence-corrected chi connectivity index (χ4v) is 1.74. The summed E-state index contributed by atoms with van der Waals surface area (Å²) in [5.41, 5.74) is 6.91. The maximum Gasteiger partial charge on any atom is 0.267 e. The van der Waals surface area contributed by atoms with Crippen molar-refractivity contribution in [3.8, 4) is 11.6 Å². The summed E-state index contributed by atoms with van der Waals surface area (Å²) < 4.78 is 11.5. The number of ether oxygens (including phenoxy) is 2. The molecule has 100 valence electrons. The van der Waals surface area contributed by atoms with E-state index < -0.39 is 0 Å². The van der Waals surface area contributed by atoms with Gasteiger partial charge in [0.15, 0.2) is 0 Å². The average Bonchev–Trinajstić information content (AvgIpc) is 2.41. The number of hydrogen-bond acceptors (Lipinski definition) is 5. The molecule has 1 aromatic carbocycles. The third-order valence-electron chi connectivity index (χ3n) is 2.68. The van der Waals surface area contributed by atoms with Crippen LogP contribution in [0.5, 0.6) is 11.6 Å². The Bertz CT molecular complexity index is 637. The van der Waals surface area contributed by atoms with Gasteiger partial charge in [0.05, 0.1) is 20.8 Å². The third kappa shape index (κ3) is 2.85. The third-order valence-corrected chi connectivity index (χ3v) is 2.68. The minimum atomic E-state index is -0.217. The predicted octanol–water partition coefficient (Wildman–Crippen LogP) is 0.891. The van der Waals surface area contributed by atoms with Crippen LogP contribution in [0.2, 0.25) is 0 Å². The first-order chi connectivity index (χ1) is 9.13. The van der Waals surface area contributed by atoms with Crippen molar-refractivity contribution in [2.45, 2.75) is 6.54 Å². The van der Waals surface area contributed by atoms with Crippen molar-refractivity contribution in [2.75, 3.05) is 20.0 Å². The molecule has 2 rings (SSSR count). The smallest absolute Gasteiger partial charge is 0.267 e. The minimum Gasteiger partial charge on any atom is -0.496 e. The van der Waals surface area contributed by atoms with Crippen LogP contribution in [-0.4, -0.2) is 24.0 Å². The van der Waals surface area contributed by atoms with Crippen molar-refractivity contribution in [2.24, 2.45) is 0 Å². The lowest BCUT2D eigenvalue weighted by molar-refractivity contribution is 0.376. The number of nitrogen functional groups attached to an aromatic ring is 1. The van der Waals surface area contributed by atoms with E-state index in [9.17, 15) is 4.79 Å². The first kappa shape index (κ1) is 12.9. The van der Waals surface area contributed by atoms with E-state index in [1.165, 1.54) is 23.9 Å². The number of hydrogen-bond donors (Lipinski definition) is 1. The van der Waals surface area contributed by atoms with Crippen LogP contribution in [0, 0.1) is 0 Å². The molecule has 0 aliphatic heterocycles. The summed E-state index contributed by atoms with van der Waals surface area (Å²) in [6.45, 7) is 0.268. The van der Waals surface area contributed by atoms with E-state index in [0.29, 0.717) is 17.3 Å². The molecule has 0 fully saturated rings. The van der Waals surface area contributed by atoms with E-state index in [0.717, 1.165) is 5.56 Å². The monoisotopic (exact) mass is 261 g/mol. The van der Waals surface area contributed by atoms with Crippen molar-refractivity contribution in [3.05, 3.63) is 46.2 Å². The van der Waals surface area contributed by atoms with Crippen LogP contribution >= 0.6 is 0 Å². The normalized spacial score (nSPS) is 10.2. The van der Waals surface area contributed by atoms with Gasteiger partial charge in [-0.3, -0.25) is 4.79 Å². The second kappa shape index (κ2) is 5.43. The highest BCUT2D eigenvalue weighted by molar-refractivity contribution is 5.47. The molecule has 0 amide bonds. The summed E-state index contributed by atoms with van der Waals surface area (Å²) in [6.07, 6.45) is 0. The molecule has 6 nitrogen and oxygen atoms in total. The summed E-state index contributed by atoms with van der Waals surface area (Å²) >= 11 is 0. The van der Waals surface area contributed by atoms with Gasteiger partial charge in [-0.25, -0.2) is 4.68 Å². The highest BCUT2D eigenvalue weighted by Crippen LogP contribution is 2.21. The predicted molar refractivity (Wildman–Crippen MR) is 71.6 cm³/mol. The van der Waals surface area contributed by atoms with Gasteiger partial charge in [0.25, 0.3) is 5.56 Å². The zero-order chi connectivity index (χ0) is 13.8. The Hall–Kier alpha value is -2.50. The van der Waals surface area contributed by atoms with E-state index in [1.54, 1.807) is 25.3 Å². The van der Waals surface area contributed by atoms with Gasteiger partial charge in [-0.1, -0.05) is 0 Å². The lowest BCUT2D eigenvalue weighted by atomic mass is 10.2. The Balaban J connectivity index is 2.40. The van der Waals surface area contributed by atoms with Crippen LogP contribution in [0.25, 0.3) is 0 Å². The fraction of sp³-hybridized carbons (Fsp3) is 0.231. The Labute approximate surface area is 110 Å². The van der Waals surface area contributed by atoms with Crippen LogP contribution in [0.1, 0.15) is 5.56 Å². The van der Waals surface area contributed by atoms with E-state index >= 15 is 0 Å². The standard InChI is InChI=1S/C13H15N3O3/c1-18-11-4-3-10(14)7-9(11)8-16-13(17)6-5-12(15-16)19-2/h3-7H,8,14H2,1-2H3. The van der Waals surface area contributed by atoms with Crippen molar-refractivity contribution >= 4 is 5.69 Å². The van der Waals surface area contributed by atoms with Gasteiger partial charge in [0, 0.05) is 23.4 Å². The number of nitrogens with two attached hydrogens (primary N) is 1. The van der Waals surface area contributed by atoms with E-state index in [4.69, 9.17) is 15.2 Å². The molecule has 0 saturated heterocycles. The minimum absolute atomic E-state index is 0.217. The van der Waals surface area contributed by atoms with Crippen LogP contribution < -0.4 is 20.8 Å². The molecule has 0 bridgehead atoms. The van der Waals surface area contributed by atoms with Crippen LogP contribution in [0.3, 0.4) is 0 Å². The van der Waals surface area contributed by atoms with Crippen molar-refractivity contribution in [1.82, 2.24) is 9.78 Å². The summed E-state index contributed by atoms with van der Waals surface area (Å²) in [4.78, 5) is 11.7. The summed E-state index contributed by atoms with van der Waals surface area (Å²) in [6, 6.07) is 8.19. The summed E-state index contributed by atoms with van der Waals surface area (Å²) in [5, 5.41) is 4.08. The van der Waals surface area contributed by atoms with Crippen molar-refractivity contribution in [1.29, 1.82) is 0 Å². The molecule has 0 spiro atoms. The number of aromatic nitrogens is 2. The molecule has 0 aliphatic carbocycles. The molecule has 6 heteroatoms. The van der Waals surface area contributed by atoms with Gasteiger partial charge >= 0.3 is 0 Å². The van der Waals surface area contributed by atoms with Crippen LogP contribution in [0.15, 0.2) is 35.1 Å². The molecule has 0 unspecified atom stereocenters. The Kier molecular flexibility index (Phi) is 3.70. The lowest BCUT2D eigenvalue weighted by Gasteiger charge is -2.11. The van der Waals surface area contributed by atoms with Crippen LogP contribution in [-0.2, 0) is 6.54 Å². The van der Waals surface area contributed by atoms with Crippen molar-refractivity contribution < 1.29 is 9.47 Å². The first-order valence-electron chi connectivity index (χ1n) is 5.68. The van der Waals surface area contributed by atoms with Gasteiger partial charge < -0.3 is 15.2 Å². The van der Waals surface area contributed by atoms with Gasteiger partial charge in [0.2, 0.25) is 5.88 Å². The molecular formula is C13H15N3O3. The molecule has 19 heavy (non-hydrogen) atoms.